The first-order valence-electron chi connectivity index (χ1n) is 7.98. The Morgan fingerprint density at radius 3 is 2.62 bits per heavy atom. The fourth-order valence-corrected chi connectivity index (χ4v) is 5.00. The molecule has 4 atom stereocenters. The first kappa shape index (κ1) is 13.2. The standard InChI is InChI=1S/C18H23NO2/c1-17(2)13-9-10-18(17,3)16-15(13)19(20)14(21-16)11-12-7-5-4-6-8-12/h4-8,13,15-16H,9-11H2,1-3H3/t13-,15-,16-,18+/m1/s1. The highest BCUT2D eigenvalue weighted by atomic mass is 16.6. The Balaban J connectivity index is 1.66. The van der Waals surface area contributed by atoms with Crippen molar-refractivity contribution >= 4 is 5.90 Å². The van der Waals surface area contributed by atoms with Gasteiger partial charge in [-0.25, -0.2) is 0 Å². The third kappa shape index (κ3) is 1.52. The highest BCUT2D eigenvalue weighted by Crippen LogP contribution is 2.67. The van der Waals surface area contributed by atoms with E-state index >= 15 is 0 Å². The summed E-state index contributed by atoms with van der Waals surface area (Å²) in [5, 5.41) is 12.8. The van der Waals surface area contributed by atoms with E-state index < -0.39 is 0 Å². The van der Waals surface area contributed by atoms with E-state index in [1.165, 1.54) is 11.2 Å². The summed E-state index contributed by atoms with van der Waals surface area (Å²) in [5.74, 6) is 1.07. The number of hydroxylamine groups is 1. The van der Waals surface area contributed by atoms with Gasteiger partial charge in [0.1, 0.15) is 0 Å². The zero-order valence-electron chi connectivity index (χ0n) is 13.0. The van der Waals surface area contributed by atoms with Gasteiger partial charge in [-0.2, -0.15) is 4.74 Å². The van der Waals surface area contributed by atoms with Gasteiger partial charge in [0.2, 0.25) is 6.04 Å². The molecule has 2 saturated carbocycles. The van der Waals surface area contributed by atoms with Gasteiger partial charge >= 0.3 is 5.90 Å². The van der Waals surface area contributed by atoms with E-state index in [2.05, 4.69) is 32.9 Å². The summed E-state index contributed by atoms with van der Waals surface area (Å²) >= 11 is 0. The van der Waals surface area contributed by atoms with Gasteiger partial charge in [0, 0.05) is 11.3 Å². The molecular weight excluding hydrogens is 262 g/mol. The van der Waals surface area contributed by atoms with Crippen LogP contribution in [0.2, 0.25) is 0 Å². The predicted octanol–water partition coefficient (Wildman–Crippen LogP) is 3.36. The van der Waals surface area contributed by atoms with E-state index in [1.54, 1.807) is 0 Å². The highest BCUT2D eigenvalue weighted by molar-refractivity contribution is 5.75. The maximum absolute atomic E-state index is 12.8. The van der Waals surface area contributed by atoms with Gasteiger partial charge in [-0.15, -0.1) is 0 Å². The van der Waals surface area contributed by atoms with Crippen LogP contribution in [0.5, 0.6) is 0 Å². The number of benzene rings is 1. The Bertz CT molecular complexity index is 607. The van der Waals surface area contributed by atoms with Crippen molar-refractivity contribution in [2.75, 3.05) is 0 Å². The Kier molecular flexibility index (Phi) is 2.52. The van der Waals surface area contributed by atoms with Crippen LogP contribution in [-0.2, 0) is 11.2 Å². The summed E-state index contributed by atoms with van der Waals surface area (Å²) < 4.78 is 7.41. The van der Waals surface area contributed by atoms with Crippen LogP contribution in [0.3, 0.4) is 0 Å². The van der Waals surface area contributed by atoms with Crippen molar-refractivity contribution in [3.63, 3.8) is 0 Å². The average Bonchev–Trinajstić information content (AvgIpc) is 2.95. The van der Waals surface area contributed by atoms with E-state index in [-0.39, 0.29) is 23.0 Å². The fraction of sp³-hybridized carbons (Fsp3) is 0.611. The smallest absolute Gasteiger partial charge is 0.353 e. The van der Waals surface area contributed by atoms with Crippen LogP contribution >= 0.6 is 0 Å². The predicted molar refractivity (Wildman–Crippen MR) is 82.1 cm³/mol. The Morgan fingerprint density at radius 2 is 1.95 bits per heavy atom. The van der Waals surface area contributed by atoms with Crippen LogP contribution < -0.4 is 0 Å². The molecule has 0 saturated heterocycles. The molecule has 0 spiro atoms. The number of fused-ring (bicyclic) bond motifs is 5. The number of ether oxygens (including phenoxy) is 1. The van der Waals surface area contributed by atoms with E-state index in [1.807, 2.05) is 18.2 Å². The lowest BCUT2D eigenvalue weighted by atomic mass is 9.70. The van der Waals surface area contributed by atoms with Crippen LogP contribution in [0.4, 0.5) is 0 Å². The Morgan fingerprint density at radius 1 is 1.24 bits per heavy atom. The molecule has 0 amide bonds. The number of rotatable bonds is 2. The van der Waals surface area contributed by atoms with Gasteiger partial charge in [0.05, 0.1) is 6.42 Å². The van der Waals surface area contributed by atoms with E-state index in [0.29, 0.717) is 18.2 Å². The minimum absolute atomic E-state index is 0.0254. The second kappa shape index (κ2) is 4.02. The van der Waals surface area contributed by atoms with E-state index in [0.717, 1.165) is 12.0 Å². The zero-order valence-corrected chi connectivity index (χ0v) is 13.0. The second-order valence-corrected chi connectivity index (χ2v) is 7.70. The van der Waals surface area contributed by atoms with Crippen molar-refractivity contribution in [2.45, 2.75) is 52.2 Å². The lowest BCUT2D eigenvalue weighted by Gasteiger charge is -2.36. The largest absolute Gasteiger partial charge is 0.621 e. The van der Waals surface area contributed by atoms with Crippen LogP contribution in [0, 0.1) is 22.0 Å². The van der Waals surface area contributed by atoms with Gasteiger partial charge in [-0.3, -0.25) is 0 Å². The monoisotopic (exact) mass is 285 g/mol. The van der Waals surface area contributed by atoms with E-state index in [4.69, 9.17) is 4.74 Å². The highest BCUT2D eigenvalue weighted by Gasteiger charge is 2.73. The fourth-order valence-electron chi connectivity index (χ4n) is 5.00. The molecule has 3 heteroatoms. The van der Waals surface area contributed by atoms with Crippen molar-refractivity contribution < 1.29 is 9.48 Å². The van der Waals surface area contributed by atoms with Gasteiger partial charge in [0.25, 0.3) is 0 Å². The SMILES string of the molecule is CC1(C)[C@@H]2CC[C@@]1(C)[C@@H]1OC(Cc3ccccc3)=[N+]([O-])[C@H]21. The normalized spacial score (nSPS) is 39.5. The molecule has 1 aromatic carbocycles. The summed E-state index contributed by atoms with van der Waals surface area (Å²) in [6.45, 7) is 6.95. The first-order valence-corrected chi connectivity index (χ1v) is 7.98. The summed E-state index contributed by atoms with van der Waals surface area (Å²) in [7, 11) is 0. The van der Waals surface area contributed by atoms with Gasteiger partial charge in [-0.1, -0.05) is 51.1 Å². The second-order valence-electron chi connectivity index (χ2n) is 7.70. The van der Waals surface area contributed by atoms with Crippen LogP contribution in [0.15, 0.2) is 30.3 Å². The summed E-state index contributed by atoms with van der Waals surface area (Å²) in [6.07, 6.45) is 3.02. The molecule has 0 aromatic heterocycles. The molecule has 112 valence electrons. The van der Waals surface area contributed by atoms with Crippen molar-refractivity contribution in [1.82, 2.24) is 0 Å². The molecule has 2 aliphatic carbocycles. The van der Waals surface area contributed by atoms with Crippen molar-refractivity contribution in [3.8, 4) is 0 Å². The molecular formula is C18H23NO2. The summed E-state index contributed by atoms with van der Waals surface area (Å²) in [4.78, 5) is 0. The number of nitrogens with zero attached hydrogens (tertiary/aromatic N) is 1. The molecule has 1 aliphatic heterocycles. The summed E-state index contributed by atoms with van der Waals surface area (Å²) in [6, 6.07) is 10.1. The molecule has 1 aromatic rings. The maximum Gasteiger partial charge on any atom is 0.353 e. The van der Waals surface area contributed by atoms with E-state index in [9.17, 15) is 5.21 Å². The Labute approximate surface area is 126 Å². The molecule has 3 aliphatic rings. The van der Waals surface area contributed by atoms with Crippen molar-refractivity contribution in [3.05, 3.63) is 41.1 Å². The molecule has 2 bridgehead atoms. The lowest BCUT2D eigenvalue weighted by Crippen LogP contribution is -2.40. The third-order valence-electron chi connectivity index (χ3n) is 6.70. The molecule has 1 heterocycles. The van der Waals surface area contributed by atoms with Gasteiger partial charge in [-0.05, 0) is 23.8 Å². The molecule has 0 N–H and O–H groups in total. The summed E-state index contributed by atoms with van der Waals surface area (Å²) in [5.41, 5.74) is 1.47. The minimum Gasteiger partial charge on any atom is -0.621 e. The average molecular weight is 285 g/mol. The number of hydrogen-bond donors (Lipinski definition) is 0. The molecule has 3 nitrogen and oxygen atoms in total. The van der Waals surface area contributed by atoms with Crippen molar-refractivity contribution in [1.29, 1.82) is 0 Å². The maximum atomic E-state index is 12.8. The molecule has 4 rings (SSSR count). The molecule has 0 unspecified atom stereocenters. The van der Waals surface area contributed by atoms with Crippen LogP contribution in [-0.4, -0.2) is 22.8 Å². The minimum atomic E-state index is 0.0254. The lowest BCUT2D eigenvalue weighted by molar-refractivity contribution is -0.504. The zero-order chi connectivity index (χ0) is 14.8. The molecule has 0 radical (unpaired) electrons. The quantitative estimate of drug-likeness (QED) is 0.617. The van der Waals surface area contributed by atoms with Gasteiger partial charge in [0.15, 0.2) is 6.10 Å². The first-order chi connectivity index (χ1) is 9.95. The van der Waals surface area contributed by atoms with Crippen molar-refractivity contribution in [2.24, 2.45) is 16.7 Å². The number of hydrogen-bond acceptors (Lipinski definition) is 2. The van der Waals surface area contributed by atoms with Crippen LogP contribution in [0.1, 0.15) is 39.2 Å². The Hall–Kier alpha value is -1.51. The van der Waals surface area contributed by atoms with Gasteiger partial charge < -0.3 is 9.94 Å². The van der Waals surface area contributed by atoms with Crippen LogP contribution in [0.25, 0.3) is 0 Å². The molecule has 2 fully saturated rings. The topological polar surface area (TPSA) is 35.3 Å². The molecule has 21 heavy (non-hydrogen) atoms. The third-order valence-corrected chi connectivity index (χ3v) is 6.70.